The minimum Gasteiger partial charge on any atom is -0.444 e. The highest BCUT2D eigenvalue weighted by Gasteiger charge is 2.25. The van der Waals surface area contributed by atoms with Crippen molar-refractivity contribution in [3.8, 4) is 11.3 Å². The Morgan fingerprint density at radius 2 is 1.88 bits per heavy atom. The van der Waals surface area contributed by atoms with E-state index in [0.717, 1.165) is 16.8 Å². The number of aromatic nitrogens is 3. The first-order valence-electron chi connectivity index (χ1n) is 10.3. The molecule has 1 amide bonds. The molecule has 1 atom stereocenters. The average Bonchev–Trinajstić information content (AvgIpc) is 3.07. The first-order chi connectivity index (χ1) is 15.1. The third kappa shape index (κ3) is 6.65. The fraction of sp³-hybridized carbons (Fsp3) is 0.333. The number of nitrogens with zero attached hydrogens (tertiary/aromatic N) is 3. The van der Waals surface area contributed by atoms with Crippen LogP contribution in [-0.4, -0.2) is 38.3 Å². The van der Waals surface area contributed by atoms with Gasteiger partial charge in [0.15, 0.2) is 5.78 Å². The van der Waals surface area contributed by atoms with E-state index in [2.05, 4.69) is 15.4 Å². The number of pyridine rings is 1. The van der Waals surface area contributed by atoms with Crippen LogP contribution in [0.15, 0.2) is 54.7 Å². The van der Waals surface area contributed by atoms with Gasteiger partial charge >= 0.3 is 6.09 Å². The molecule has 0 fully saturated rings. The number of rotatable bonds is 7. The lowest BCUT2D eigenvalue weighted by atomic mass is 9.99. The Morgan fingerprint density at radius 1 is 1.16 bits per heavy atom. The predicted molar refractivity (Wildman–Crippen MR) is 123 cm³/mol. The van der Waals surface area contributed by atoms with Crippen LogP contribution in [0.5, 0.6) is 0 Å². The Bertz CT molecular complexity index is 1090. The summed E-state index contributed by atoms with van der Waals surface area (Å²) >= 11 is 5.99. The number of alkyl carbamates (subject to hydrolysis) is 1. The molecule has 1 N–H and O–H groups in total. The zero-order valence-electron chi connectivity index (χ0n) is 18.6. The van der Waals surface area contributed by atoms with Crippen LogP contribution in [0.3, 0.4) is 0 Å². The van der Waals surface area contributed by atoms with Crippen LogP contribution in [0.4, 0.5) is 4.79 Å². The molecule has 2 heterocycles. The number of ketones is 1. The molecule has 8 heteroatoms. The van der Waals surface area contributed by atoms with Crippen molar-refractivity contribution in [3.05, 3.63) is 71.1 Å². The van der Waals surface area contributed by atoms with Crippen molar-refractivity contribution in [2.45, 2.75) is 45.3 Å². The first-order valence-corrected chi connectivity index (χ1v) is 10.7. The molecule has 0 radical (unpaired) electrons. The number of nitrogens with one attached hydrogen (secondary N) is 1. The number of aryl methyl sites for hydroxylation is 1. The van der Waals surface area contributed by atoms with Crippen molar-refractivity contribution in [2.24, 2.45) is 7.05 Å². The number of halogens is 1. The van der Waals surface area contributed by atoms with Gasteiger partial charge in [-0.2, -0.15) is 5.10 Å². The van der Waals surface area contributed by atoms with E-state index in [9.17, 15) is 9.59 Å². The van der Waals surface area contributed by atoms with Crippen LogP contribution in [-0.2, 0) is 29.4 Å². The lowest BCUT2D eigenvalue weighted by Crippen LogP contribution is -2.45. The minimum absolute atomic E-state index is 0.107. The van der Waals surface area contributed by atoms with Gasteiger partial charge in [-0.15, -0.1) is 0 Å². The van der Waals surface area contributed by atoms with Gasteiger partial charge in [0.05, 0.1) is 18.2 Å². The maximum absolute atomic E-state index is 13.2. The molecule has 32 heavy (non-hydrogen) atoms. The molecule has 0 unspecified atom stereocenters. The maximum atomic E-state index is 13.2. The highest BCUT2D eigenvalue weighted by molar-refractivity contribution is 6.29. The third-order valence-corrected chi connectivity index (χ3v) is 4.92. The van der Waals surface area contributed by atoms with Crippen LogP contribution in [0.1, 0.15) is 32.0 Å². The average molecular weight is 455 g/mol. The highest BCUT2D eigenvalue weighted by atomic mass is 35.5. The normalized spacial score (nSPS) is 12.3. The van der Waals surface area contributed by atoms with Crippen LogP contribution < -0.4 is 5.32 Å². The Labute approximate surface area is 192 Å². The molecule has 0 aliphatic rings. The molecule has 1 aromatic carbocycles. The smallest absolute Gasteiger partial charge is 0.408 e. The summed E-state index contributed by atoms with van der Waals surface area (Å²) in [4.78, 5) is 29.6. The Balaban J connectivity index is 1.79. The van der Waals surface area contributed by atoms with E-state index >= 15 is 0 Å². The Kier molecular flexibility index (Phi) is 7.30. The molecule has 0 bridgehead atoms. The van der Waals surface area contributed by atoms with Crippen LogP contribution in [0.25, 0.3) is 11.3 Å². The molecular weight excluding hydrogens is 428 g/mol. The number of hydrogen-bond donors (Lipinski definition) is 1. The van der Waals surface area contributed by atoms with E-state index in [0.29, 0.717) is 17.3 Å². The standard InChI is InChI=1S/C24H27ClN4O3/c1-24(2,3)32-23(31)27-20(12-16-8-6-5-7-9-16)21(30)15-18-14-19(28-29(18)4)17-10-11-26-22(25)13-17/h5-11,13-14,20H,12,15H2,1-4H3,(H,27,31)/t20-/m0/s1. The summed E-state index contributed by atoms with van der Waals surface area (Å²) in [6.07, 6.45) is 1.46. The van der Waals surface area contributed by atoms with Crippen molar-refractivity contribution in [1.29, 1.82) is 0 Å². The van der Waals surface area contributed by atoms with Gasteiger partial charge in [-0.3, -0.25) is 9.48 Å². The van der Waals surface area contributed by atoms with Gasteiger partial charge in [0.25, 0.3) is 0 Å². The molecule has 3 rings (SSSR count). The highest BCUT2D eigenvalue weighted by Crippen LogP contribution is 2.21. The molecule has 2 aromatic heterocycles. The largest absolute Gasteiger partial charge is 0.444 e. The summed E-state index contributed by atoms with van der Waals surface area (Å²) < 4.78 is 7.03. The zero-order chi connectivity index (χ0) is 23.3. The summed E-state index contributed by atoms with van der Waals surface area (Å²) in [6.45, 7) is 5.34. The van der Waals surface area contributed by atoms with E-state index in [1.165, 1.54) is 0 Å². The molecule has 168 valence electrons. The molecule has 0 spiro atoms. The molecule has 7 nitrogen and oxygen atoms in total. The molecular formula is C24H27ClN4O3. The summed E-state index contributed by atoms with van der Waals surface area (Å²) in [5.74, 6) is -0.137. The molecule has 3 aromatic rings. The fourth-order valence-corrected chi connectivity index (χ4v) is 3.39. The number of carbonyl (C=O) groups excluding carboxylic acids is 2. The van der Waals surface area contributed by atoms with Gasteiger partial charge in [0.1, 0.15) is 10.8 Å². The van der Waals surface area contributed by atoms with Crippen molar-refractivity contribution in [2.75, 3.05) is 0 Å². The number of amides is 1. The van der Waals surface area contributed by atoms with Crippen LogP contribution in [0, 0.1) is 0 Å². The second-order valence-electron chi connectivity index (χ2n) is 8.54. The SMILES string of the molecule is Cn1nc(-c2ccnc(Cl)c2)cc1CC(=O)[C@H](Cc1ccccc1)NC(=O)OC(C)(C)C. The summed E-state index contributed by atoms with van der Waals surface area (Å²) in [7, 11) is 1.78. The Morgan fingerprint density at radius 3 is 2.53 bits per heavy atom. The van der Waals surface area contributed by atoms with E-state index < -0.39 is 17.7 Å². The second-order valence-corrected chi connectivity index (χ2v) is 8.93. The van der Waals surface area contributed by atoms with Gasteiger partial charge in [0.2, 0.25) is 0 Å². The topological polar surface area (TPSA) is 86.1 Å². The minimum atomic E-state index is -0.735. The van der Waals surface area contributed by atoms with Gasteiger partial charge in [0, 0.05) is 24.5 Å². The number of carbonyl (C=O) groups is 2. The first kappa shape index (κ1) is 23.5. The summed E-state index contributed by atoms with van der Waals surface area (Å²) in [5, 5.41) is 7.61. The number of benzene rings is 1. The number of hydrogen-bond acceptors (Lipinski definition) is 5. The van der Waals surface area contributed by atoms with Crippen LogP contribution in [0.2, 0.25) is 5.15 Å². The zero-order valence-corrected chi connectivity index (χ0v) is 19.4. The van der Waals surface area contributed by atoms with Gasteiger partial charge in [-0.25, -0.2) is 9.78 Å². The van der Waals surface area contributed by atoms with Gasteiger partial charge in [-0.1, -0.05) is 41.9 Å². The van der Waals surface area contributed by atoms with Gasteiger partial charge in [-0.05, 0) is 51.0 Å². The molecule has 0 saturated carbocycles. The van der Waals surface area contributed by atoms with Gasteiger partial charge < -0.3 is 10.1 Å². The number of Topliss-reactive ketones (excluding diaryl/α,β-unsaturated/α-hetero) is 1. The van der Waals surface area contributed by atoms with Crippen molar-refractivity contribution < 1.29 is 14.3 Å². The van der Waals surface area contributed by atoms with E-state index in [4.69, 9.17) is 16.3 Å². The van der Waals surface area contributed by atoms with Crippen molar-refractivity contribution in [1.82, 2.24) is 20.1 Å². The van der Waals surface area contributed by atoms with Crippen molar-refractivity contribution in [3.63, 3.8) is 0 Å². The second kappa shape index (κ2) is 9.96. The molecule has 0 aliphatic carbocycles. The number of ether oxygens (including phenoxy) is 1. The summed E-state index contributed by atoms with van der Waals surface area (Å²) in [6, 6.07) is 14.2. The summed E-state index contributed by atoms with van der Waals surface area (Å²) in [5.41, 5.74) is 2.51. The fourth-order valence-electron chi connectivity index (χ4n) is 3.22. The monoisotopic (exact) mass is 454 g/mol. The third-order valence-electron chi connectivity index (χ3n) is 4.72. The Hall–Kier alpha value is -3.19. The van der Waals surface area contributed by atoms with E-state index in [1.807, 2.05) is 42.5 Å². The van der Waals surface area contributed by atoms with E-state index in [1.54, 1.807) is 44.8 Å². The lowest BCUT2D eigenvalue weighted by molar-refractivity contribution is -0.120. The molecule has 0 saturated heterocycles. The lowest BCUT2D eigenvalue weighted by Gasteiger charge is -2.23. The quantitative estimate of drug-likeness (QED) is 0.535. The molecule has 0 aliphatic heterocycles. The maximum Gasteiger partial charge on any atom is 0.408 e. The van der Waals surface area contributed by atoms with Crippen LogP contribution >= 0.6 is 11.6 Å². The predicted octanol–water partition coefficient (Wildman–Crippen LogP) is 4.38. The van der Waals surface area contributed by atoms with E-state index in [-0.39, 0.29) is 12.2 Å². The van der Waals surface area contributed by atoms with Crippen molar-refractivity contribution >= 4 is 23.5 Å².